The Labute approximate surface area is 84.4 Å². The van der Waals surface area contributed by atoms with Gasteiger partial charge in [0.05, 0.1) is 0 Å². The van der Waals surface area contributed by atoms with Gasteiger partial charge in [-0.2, -0.15) is 0 Å². The van der Waals surface area contributed by atoms with Gasteiger partial charge in [0, 0.05) is 13.7 Å². The molecule has 0 saturated heterocycles. The fraction of sp³-hybridized carbons (Fsp3) is 1.00. The van der Waals surface area contributed by atoms with Gasteiger partial charge >= 0.3 is 0 Å². The van der Waals surface area contributed by atoms with Crippen LogP contribution in [0.15, 0.2) is 0 Å². The van der Waals surface area contributed by atoms with E-state index in [0.717, 1.165) is 6.42 Å². The normalized spacial score (nSPS) is 8.15. The monoisotopic (exact) mass is 186 g/mol. The van der Waals surface area contributed by atoms with Gasteiger partial charge in [0.15, 0.2) is 0 Å². The van der Waals surface area contributed by atoms with Gasteiger partial charge in [0.25, 0.3) is 16.1 Å². The SMILES string of the molecule is O.[B]OC.[B]OCCCCCCC. The highest BCUT2D eigenvalue weighted by Crippen LogP contribution is 2.01. The van der Waals surface area contributed by atoms with Gasteiger partial charge in [-0.15, -0.1) is 0 Å². The average Bonchev–Trinajstić information content (AvgIpc) is 2.06. The molecule has 5 heteroatoms. The lowest BCUT2D eigenvalue weighted by atomic mass is 10.2. The lowest BCUT2D eigenvalue weighted by molar-refractivity contribution is 0.333. The van der Waals surface area contributed by atoms with Crippen LogP contribution in [-0.2, 0) is 9.31 Å². The summed E-state index contributed by atoms with van der Waals surface area (Å²) in [6.45, 7) is 2.92. The number of hydrogen-bond acceptors (Lipinski definition) is 2. The molecular weight excluding hydrogens is 166 g/mol. The van der Waals surface area contributed by atoms with E-state index >= 15 is 0 Å². The van der Waals surface area contributed by atoms with Crippen LogP contribution in [0.25, 0.3) is 0 Å². The highest BCUT2D eigenvalue weighted by Gasteiger charge is 1.85. The second-order valence-corrected chi connectivity index (χ2v) is 2.52. The molecule has 0 aromatic carbocycles. The van der Waals surface area contributed by atoms with Crippen molar-refractivity contribution in [3.63, 3.8) is 0 Å². The van der Waals surface area contributed by atoms with E-state index in [1.807, 2.05) is 0 Å². The molecule has 0 aliphatic rings. The van der Waals surface area contributed by atoms with Crippen LogP contribution in [0.3, 0.4) is 0 Å². The van der Waals surface area contributed by atoms with Crippen LogP contribution in [0.5, 0.6) is 0 Å². The van der Waals surface area contributed by atoms with Gasteiger partial charge in [-0.3, -0.25) is 0 Å². The van der Waals surface area contributed by atoms with Crippen LogP contribution >= 0.6 is 0 Å². The molecule has 0 atom stereocenters. The summed E-state index contributed by atoms with van der Waals surface area (Å²) in [4.78, 5) is 0. The lowest BCUT2D eigenvalue weighted by Gasteiger charge is -1.97. The van der Waals surface area contributed by atoms with Gasteiger partial charge in [-0.1, -0.05) is 32.6 Å². The molecular formula is C8H20B2O3. The molecule has 0 bridgehead atoms. The quantitative estimate of drug-likeness (QED) is 0.457. The fourth-order valence-electron chi connectivity index (χ4n) is 0.789. The summed E-state index contributed by atoms with van der Waals surface area (Å²) in [6, 6.07) is 0. The van der Waals surface area contributed by atoms with Crippen LogP contribution < -0.4 is 0 Å². The highest BCUT2D eigenvalue weighted by molar-refractivity contribution is 5.98. The number of unbranched alkanes of at least 4 members (excludes halogenated alkanes) is 4. The molecule has 0 unspecified atom stereocenters. The number of hydrogen-bond donors (Lipinski definition) is 0. The Hall–Kier alpha value is 0.00987. The Kier molecular flexibility index (Phi) is 32.7. The Morgan fingerprint density at radius 3 is 1.85 bits per heavy atom. The van der Waals surface area contributed by atoms with Gasteiger partial charge in [-0.25, -0.2) is 0 Å². The van der Waals surface area contributed by atoms with Crippen LogP contribution in [0.1, 0.15) is 39.0 Å². The molecule has 0 fully saturated rings. The predicted octanol–water partition coefficient (Wildman–Crippen LogP) is 0.948. The third kappa shape index (κ3) is 33.3. The summed E-state index contributed by atoms with van der Waals surface area (Å²) in [5.74, 6) is 0. The molecule has 0 spiro atoms. The van der Waals surface area contributed by atoms with E-state index in [9.17, 15) is 0 Å². The summed E-state index contributed by atoms with van der Waals surface area (Å²) >= 11 is 0. The van der Waals surface area contributed by atoms with Gasteiger partial charge in [0.2, 0.25) is 0 Å². The third-order valence-corrected chi connectivity index (χ3v) is 1.37. The predicted molar refractivity (Wildman–Crippen MR) is 56.8 cm³/mol. The summed E-state index contributed by atoms with van der Waals surface area (Å²) in [6.07, 6.45) is 6.31. The van der Waals surface area contributed by atoms with E-state index in [0.29, 0.717) is 6.61 Å². The van der Waals surface area contributed by atoms with Crippen LogP contribution in [0, 0.1) is 0 Å². The molecule has 0 aliphatic carbocycles. The van der Waals surface area contributed by atoms with Crippen LogP contribution in [0.2, 0.25) is 0 Å². The highest BCUT2D eigenvalue weighted by atomic mass is 16.4. The first-order valence-corrected chi connectivity index (χ1v) is 4.38. The molecule has 4 radical (unpaired) electrons. The smallest absolute Gasteiger partial charge is 0.282 e. The van der Waals surface area contributed by atoms with Gasteiger partial charge < -0.3 is 14.8 Å². The van der Waals surface area contributed by atoms with Crippen molar-refractivity contribution < 1.29 is 14.8 Å². The lowest BCUT2D eigenvalue weighted by Crippen LogP contribution is -1.88. The zero-order chi connectivity index (χ0) is 9.66. The van der Waals surface area contributed by atoms with Crippen molar-refractivity contribution in [1.82, 2.24) is 0 Å². The van der Waals surface area contributed by atoms with E-state index in [1.54, 1.807) is 0 Å². The Morgan fingerprint density at radius 2 is 1.46 bits per heavy atom. The first-order valence-electron chi connectivity index (χ1n) is 4.38. The minimum Gasteiger partial charge on any atom is -0.450 e. The minimum atomic E-state index is 0. The van der Waals surface area contributed by atoms with Crippen molar-refractivity contribution >= 4 is 16.1 Å². The van der Waals surface area contributed by atoms with E-state index in [4.69, 9.17) is 8.05 Å². The zero-order valence-electron chi connectivity index (χ0n) is 8.71. The first kappa shape index (κ1) is 18.7. The summed E-state index contributed by atoms with van der Waals surface area (Å²) in [5.41, 5.74) is 0. The van der Waals surface area contributed by atoms with Crippen molar-refractivity contribution in [2.75, 3.05) is 13.7 Å². The van der Waals surface area contributed by atoms with Gasteiger partial charge in [-0.05, 0) is 6.42 Å². The Bertz CT molecular complexity index is 59.4. The maximum absolute atomic E-state index is 4.84. The van der Waals surface area contributed by atoms with Crippen molar-refractivity contribution in [2.24, 2.45) is 0 Å². The van der Waals surface area contributed by atoms with Crippen LogP contribution in [-0.4, -0.2) is 35.3 Å². The van der Waals surface area contributed by atoms with E-state index in [2.05, 4.69) is 24.3 Å². The van der Waals surface area contributed by atoms with Crippen molar-refractivity contribution in [3.05, 3.63) is 0 Å². The molecule has 13 heavy (non-hydrogen) atoms. The maximum atomic E-state index is 4.84. The van der Waals surface area contributed by atoms with E-state index < -0.39 is 0 Å². The zero-order valence-corrected chi connectivity index (χ0v) is 8.71. The summed E-state index contributed by atoms with van der Waals surface area (Å²) < 4.78 is 8.17. The average molecular weight is 186 g/mol. The summed E-state index contributed by atoms with van der Waals surface area (Å²) in [5, 5.41) is 0. The second-order valence-electron chi connectivity index (χ2n) is 2.52. The Balaban J connectivity index is -0.000000220. The molecule has 2 N–H and O–H groups in total. The standard InChI is InChI=1S/C7H15BO.CH3BO.H2O/c1-2-3-4-5-6-7-9-8;1-3-2;/h2-7H2,1H3;1H3;1H2. The van der Waals surface area contributed by atoms with Crippen molar-refractivity contribution in [1.29, 1.82) is 0 Å². The molecule has 0 amide bonds. The van der Waals surface area contributed by atoms with E-state index in [-0.39, 0.29) is 5.48 Å². The topological polar surface area (TPSA) is 50.0 Å². The maximum Gasteiger partial charge on any atom is 0.282 e. The molecule has 0 aromatic heterocycles. The first-order chi connectivity index (χ1) is 5.83. The van der Waals surface area contributed by atoms with Crippen molar-refractivity contribution in [2.45, 2.75) is 39.0 Å². The van der Waals surface area contributed by atoms with Crippen LogP contribution in [0.4, 0.5) is 0 Å². The minimum absolute atomic E-state index is 0. The Morgan fingerprint density at radius 1 is 1.00 bits per heavy atom. The molecule has 0 heterocycles. The molecule has 0 saturated carbocycles. The second kappa shape index (κ2) is 22.7. The molecule has 3 nitrogen and oxygen atoms in total. The number of rotatable bonds is 6. The van der Waals surface area contributed by atoms with Crippen molar-refractivity contribution in [3.8, 4) is 0 Å². The van der Waals surface area contributed by atoms with Gasteiger partial charge in [0.1, 0.15) is 0 Å². The molecule has 0 aromatic rings. The van der Waals surface area contributed by atoms with E-state index in [1.165, 1.54) is 32.8 Å². The largest absolute Gasteiger partial charge is 0.450 e. The fourth-order valence-corrected chi connectivity index (χ4v) is 0.789. The molecule has 0 rings (SSSR count). The summed E-state index contributed by atoms with van der Waals surface area (Å²) in [7, 11) is 10.6. The molecule has 0 aliphatic heterocycles. The molecule has 76 valence electrons. The third-order valence-electron chi connectivity index (χ3n) is 1.37.